The molecule has 2 aromatic carbocycles. The molecule has 0 saturated heterocycles. The third-order valence-electron chi connectivity index (χ3n) is 4.71. The van der Waals surface area contributed by atoms with E-state index in [2.05, 4.69) is 0 Å². The first-order chi connectivity index (χ1) is 15.5. The summed E-state index contributed by atoms with van der Waals surface area (Å²) in [4.78, 5) is 44.7. The van der Waals surface area contributed by atoms with Gasteiger partial charge in [0, 0.05) is 13.6 Å². The lowest BCUT2D eigenvalue weighted by molar-refractivity contribution is -0.403. The summed E-state index contributed by atoms with van der Waals surface area (Å²) in [5.41, 5.74) is -3.11. The van der Waals surface area contributed by atoms with Crippen LogP contribution in [0.5, 0.6) is 17.2 Å². The van der Waals surface area contributed by atoms with Gasteiger partial charge in [-0.15, -0.1) is 0 Å². The van der Waals surface area contributed by atoms with Crippen LogP contribution in [0, 0.1) is 30.3 Å². The molecule has 2 rings (SSSR count). The highest BCUT2D eigenvalue weighted by atomic mass is 16.6. The van der Waals surface area contributed by atoms with Gasteiger partial charge in [-0.3, -0.25) is 35.1 Å². The Hall–Kier alpha value is -4.49. The Morgan fingerprint density at radius 3 is 1.70 bits per heavy atom. The van der Waals surface area contributed by atoms with Crippen LogP contribution in [0.25, 0.3) is 0 Å². The smallest absolute Gasteiger partial charge is 0.296 e. The van der Waals surface area contributed by atoms with Crippen LogP contribution in [0.3, 0.4) is 0 Å². The van der Waals surface area contributed by atoms with Gasteiger partial charge in [0.2, 0.25) is 5.75 Å². The Labute approximate surface area is 186 Å². The Bertz CT molecular complexity index is 1060. The fourth-order valence-electron chi connectivity index (χ4n) is 3.08. The number of methoxy groups -OCH3 is 3. The largest absolute Gasteiger partial charge is 0.493 e. The van der Waals surface area contributed by atoms with Crippen LogP contribution in [0.1, 0.15) is 15.9 Å². The molecule has 33 heavy (non-hydrogen) atoms. The highest BCUT2D eigenvalue weighted by Crippen LogP contribution is 2.38. The van der Waals surface area contributed by atoms with Crippen LogP contribution in [-0.2, 0) is 6.42 Å². The molecule has 176 valence electrons. The topological polar surface area (TPSA) is 177 Å². The van der Waals surface area contributed by atoms with Crippen LogP contribution in [0.2, 0.25) is 0 Å². The Kier molecular flexibility index (Phi) is 7.67. The van der Waals surface area contributed by atoms with Gasteiger partial charge in [-0.05, 0) is 24.1 Å². The summed E-state index contributed by atoms with van der Waals surface area (Å²) in [6.07, 6.45) is 0.230. The van der Waals surface area contributed by atoms with Gasteiger partial charge in [-0.2, -0.15) is 0 Å². The lowest BCUT2D eigenvalue weighted by atomic mass is 10.1. The number of nitro groups is 3. The van der Waals surface area contributed by atoms with Crippen molar-refractivity contribution in [1.82, 2.24) is 4.90 Å². The molecule has 0 unspecified atom stereocenters. The maximum absolute atomic E-state index is 12.9. The molecule has 0 bridgehead atoms. The van der Waals surface area contributed by atoms with Gasteiger partial charge < -0.3 is 19.1 Å². The van der Waals surface area contributed by atoms with Crippen molar-refractivity contribution in [2.24, 2.45) is 0 Å². The van der Waals surface area contributed by atoms with Gasteiger partial charge in [0.05, 0.1) is 48.2 Å². The Balaban J connectivity index is 2.40. The van der Waals surface area contributed by atoms with Crippen LogP contribution in [-0.4, -0.2) is 60.5 Å². The van der Waals surface area contributed by atoms with Crippen molar-refractivity contribution in [3.8, 4) is 17.2 Å². The van der Waals surface area contributed by atoms with E-state index in [1.54, 1.807) is 12.1 Å². The minimum absolute atomic E-state index is 0.00274. The van der Waals surface area contributed by atoms with Gasteiger partial charge in [-0.25, -0.2) is 0 Å². The number of likely N-dealkylation sites (N-methyl/N-ethyl adjacent to an activating group) is 1. The van der Waals surface area contributed by atoms with Gasteiger partial charge in [0.15, 0.2) is 17.1 Å². The van der Waals surface area contributed by atoms with Gasteiger partial charge >= 0.3 is 0 Å². The van der Waals surface area contributed by atoms with Crippen LogP contribution < -0.4 is 14.2 Å². The fourth-order valence-corrected chi connectivity index (χ4v) is 3.08. The lowest BCUT2D eigenvalue weighted by Gasteiger charge is -2.18. The van der Waals surface area contributed by atoms with E-state index < -0.39 is 43.3 Å². The second kappa shape index (κ2) is 10.2. The molecule has 0 atom stereocenters. The molecule has 0 saturated carbocycles. The third-order valence-corrected chi connectivity index (χ3v) is 4.71. The van der Waals surface area contributed by atoms with E-state index in [-0.39, 0.29) is 13.0 Å². The molecule has 0 aliphatic carbocycles. The first-order valence-corrected chi connectivity index (χ1v) is 9.21. The minimum atomic E-state index is -1.07. The molecule has 14 heteroatoms. The highest BCUT2D eigenvalue weighted by molar-refractivity contribution is 6.02. The summed E-state index contributed by atoms with van der Waals surface area (Å²) in [6.45, 7) is 0.00274. The summed E-state index contributed by atoms with van der Waals surface area (Å²) >= 11 is 0. The highest BCUT2D eigenvalue weighted by Gasteiger charge is 2.36. The number of rotatable bonds is 10. The number of carbonyl (C=O) groups excluding carboxylic acids is 1. The Morgan fingerprint density at radius 1 is 0.848 bits per heavy atom. The zero-order valence-electron chi connectivity index (χ0n) is 18.1. The summed E-state index contributed by atoms with van der Waals surface area (Å²) in [6, 6.07) is 4.34. The lowest BCUT2D eigenvalue weighted by Crippen LogP contribution is -2.30. The van der Waals surface area contributed by atoms with Crippen LogP contribution in [0.4, 0.5) is 17.1 Å². The van der Waals surface area contributed by atoms with E-state index in [4.69, 9.17) is 14.2 Å². The van der Waals surface area contributed by atoms with E-state index in [0.717, 1.165) is 4.90 Å². The molecule has 1 amide bonds. The predicted octanol–water partition coefficient (Wildman–Crippen LogP) is 2.75. The predicted molar refractivity (Wildman–Crippen MR) is 113 cm³/mol. The number of hydrogen-bond acceptors (Lipinski definition) is 10. The number of non-ortho nitro benzene ring substituents is 1. The van der Waals surface area contributed by atoms with Crippen molar-refractivity contribution in [3.63, 3.8) is 0 Å². The van der Waals surface area contributed by atoms with Crippen LogP contribution >= 0.6 is 0 Å². The molecule has 0 aliphatic rings. The Morgan fingerprint density at radius 2 is 1.33 bits per heavy atom. The summed E-state index contributed by atoms with van der Waals surface area (Å²) < 4.78 is 15.8. The SMILES string of the molecule is COc1cc(CCN(C)C(=O)c2c([N+](=O)[O-])cc([N+](=O)[O-])cc2[N+](=O)[O-])cc(OC)c1OC. The standard InChI is InChI=1S/C19H20N4O10/c1-20(6-5-11-7-15(31-2)18(33-4)16(8-11)32-3)19(24)17-13(22(27)28)9-12(21(25)26)10-14(17)23(29)30/h7-10H,5-6H2,1-4H3. The van der Waals surface area contributed by atoms with Crippen molar-refractivity contribution < 1.29 is 33.8 Å². The number of benzene rings is 2. The molecule has 0 radical (unpaired) electrons. The third kappa shape index (κ3) is 5.23. The molecular weight excluding hydrogens is 444 g/mol. The summed E-state index contributed by atoms with van der Waals surface area (Å²) in [7, 11) is 5.61. The second-order valence-corrected chi connectivity index (χ2v) is 6.64. The first kappa shape index (κ1) is 24.8. The van der Waals surface area contributed by atoms with Crippen LogP contribution in [0.15, 0.2) is 24.3 Å². The minimum Gasteiger partial charge on any atom is -0.493 e. The molecule has 14 nitrogen and oxygen atoms in total. The van der Waals surface area contributed by atoms with E-state index >= 15 is 0 Å². The van der Waals surface area contributed by atoms with E-state index in [9.17, 15) is 35.1 Å². The molecule has 0 heterocycles. The van der Waals surface area contributed by atoms with E-state index in [1.807, 2.05) is 0 Å². The molecule has 0 aromatic heterocycles. The van der Waals surface area contributed by atoms with Crippen molar-refractivity contribution >= 4 is 23.0 Å². The number of amides is 1. The maximum atomic E-state index is 12.9. The average molecular weight is 464 g/mol. The number of carbonyl (C=O) groups is 1. The molecule has 0 fully saturated rings. The van der Waals surface area contributed by atoms with E-state index in [1.165, 1.54) is 28.4 Å². The van der Waals surface area contributed by atoms with Gasteiger partial charge in [0.1, 0.15) is 0 Å². The number of nitro benzene ring substituents is 3. The van der Waals surface area contributed by atoms with Crippen molar-refractivity contribution in [2.45, 2.75) is 6.42 Å². The monoisotopic (exact) mass is 464 g/mol. The quantitative estimate of drug-likeness (QED) is 0.375. The molecule has 2 aromatic rings. The summed E-state index contributed by atoms with van der Waals surface area (Å²) in [5.74, 6) is 0.0889. The van der Waals surface area contributed by atoms with Crippen molar-refractivity contribution in [3.05, 3.63) is 65.7 Å². The zero-order chi connectivity index (χ0) is 24.9. The maximum Gasteiger partial charge on any atom is 0.296 e. The van der Waals surface area contributed by atoms with Crippen molar-refractivity contribution in [1.29, 1.82) is 0 Å². The van der Waals surface area contributed by atoms with E-state index in [0.29, 0.717) is 34.9 Å². The van der Waals surface area contributed by atoms with Crippen molar-refractivity contribution in [2.75, 3.05) is 34.9 Å². The molecule has 0 spiro atoms. The number of nitrogens with zero attached hydrogens (tertiary/aromatic N) is 4. The van der Waals surface area contributed by atoms with Gasteiger partial charge in [0.25, 0.3) is 23.0 Å². The fraction of sp³-hybridized carbons (Fsp3) is 0.316. The van der Waals surface area contributed by atoms with Gasteiger partial charge in [-0.1, -0.05) is 0 Å². The normalized spacial score (nSPS) is 10.3. The number of hydrogen-bond donors (Lipinski definition) is 0. The first-order valence-electron chi connectivity index (χ1n) is 9.21. The summed E-state index contributed by atoms with van der Waals surface area (Å²) in [5, 5.41) is 33.9. The molecular formula is C19H20N4O10. The second-order valence-electron chi connectivity index (χ2n) is 6.64. The number of ether oxygens (including phenoxy) is 3. The molecule has 0 N–H and O–H groups in total. The molecule has 0 aliphatic heterocycles. The zero-order valence-corrected chi connectivity index (χ0v) is 18.1. The average Bonchev–Trinajstić information content (AvgIpc) is 2.79.